The van der Waals surface area contributed by atoms with Gasteiger partial charge in [-0.1, -0.05) is 6.92 Å². The first kappa shape index (κ1) is 10.8. The van der Waals surface area contributed by atoms with Crippen LogP contribution in [-0.4, -0.2) is 31.0 Å². The Morgan fingerprint density at radius 1 is 1.60 bits per heavy atom. The lowest BCUT2D eigenvalue weighted by Gasteiger charge is -2.10. The van der Waals surface area contributed by atoms with Crippen molar-refractivity contribution >= 4 is 5.91 Å². The largest absolute Gasteiger partial charge is 0.354 e. The molecule has 86 valence electrons. The molecule has 0 spiro atoms. The van der Waals surface area contributed by atoms with Crippen LogP contribution < -0.4 is 10.6 Å². The van der Waals surface area contributed by atoms with E-state index in [9.17, 15) is 13.6 Å². The zero-order valence-corrected chi connectivity index (χ0v) is 8.72. The van der Waals surface area contributed by atoms with E-state index >= 15 is 0 Å². The minimum absolute atomic E-state index is 0.286. The van der Waals surface area contributed by atoms with Gasteiger partial charge in [-0.2, -0.15) is 0 Å². The van der Waals surface area contributed by atoms with Crippen LogP contribution in [0, 0.1) is 11.8 Å². The van der Waals surface area contributed by atoms with E-state index in [1.807, 2.05) is 0 Å². The second-order valence-corrected chi connectivity index (χ2v) is 4.71. The Morgan fingerprint density at radius 2 is 2.27 bits per heavy atom. The van der Waals surface area contributed by atoms with Gasteiger partial charge in [-0.25, -0.2) is 8.78 Å². The molecular formula is C10H16F2N2O. The SMILES string of the molecule is CC1CC1CNC(=O)C1CC(F)(F)CN1. The van der Waals surface area contributed by atoms with E-state index in [0.29, 0.717) is 18.4 Å². The van der Waals surface area contributed by atoms with Gasteiger partial charge in [0.15, 0.2) is 0 Å². The van der Waals surface area contributed by atoms with Gasteiger partial charge in [-0.05, 0) is 18.3 Å². The summed E-state index contributed by atoms with van der Waals surface area (Å²) in [5, 5.41) is 5.26. The maximum absolute atomic E-state index is 12.8. The van der Waals surface area contributed by atoms with Crippen molar-refractivity contribution in [2.45, 2.75) is 31.7 Å². The predicted molar refractivity (Wildman–Crippen MR) is 51.6 cm³/mol. The number of carbonyl (C=O) groups is 1. The molecule has 3 atom stereocenters. The Kier molecular flexibility index (Phi) is 2.66. The van der Waals surface area contributed by atoms with Gasteiger partial charge in [-0.15, -0.1) is 0 Å². The normalized spacial score (nSPS) is 37.7. The number of amides is 1. The van der Waals surface area contributed by atoms with E-state index in [2.05, 4.69) is 17.6 Å². The fourth-order valence-electron chi connectivity index (χ4n) is 1.94. The molecule has 2 fully saturated rings. The van der Waals surface area contributed by atoms with Crippen molar-refractivity contribution in [3.63, 3.8) is 0 Å². The molecule has 5 heteroatoms. The monoisotopic (exact) mass is 218 g/mol. The summed E-state index contributed by atoms with van der Waals surface area (Å²) in [6.45, 7) is 2.37. The minimum Gasteiger partial charge on any atom is -0.354 e. The van der Waals surface area contributed by atoms with Gasteiger partial charge >= 0.3 is 0 Å². The van der Waals surface area contributed by atoms with Crippen molar-refractivity contribution in [2.75, 3.05) is 13.1 Å². The van der Waals surface area contributed by atoms with Gasteiger partial charge in [-0.3, -0.25) is 10.1 Å². The molecule has 1 amide bonds. The standard InChI is InChI=1S/C10H16F2N2O/c1-6-2-7(6)4-13-9(15)8-3-10(11,12)5-14-8/h6-8,14H,2-5H2,1H3,(H,13,15). The second-order valence-electron chi connectivity index (χ2n) is 4.71. The van der Waals surface area contributed by atoms with Crippen LogP contribution in [0.3, 0.4) is 0 Å². The predicted octanol–water partition coefficient (Wildman–Crippen LogP) is 0.756. The van der Waals surface area contributed by atoms with E-state index in [1.54, 1.807) is 0 Å². The Labute approximate surface area is 87.6 Å². The summed E-state index contributed by atoms with van der Waals surface area (Å²) in [6.07, 6.45) is 0.758. The van der Waals surface area contributed by atoms with Gasteiger partial charge in [0, 0.05) is 13.0 Å². The highest BCUT2D eigenvalue weighted by atomic mass is 19.3. The smallest absolute Gasteiger partial charge is 0.262 e. The molecule has 2 aliphatic rings. The zero-order chi connectivity index (χ0) is 11.1. The quantitative estimate of drug-likeness (QED) is 0.734. The molecular weight excluding hydrogens is 202 g/mol. The van der Waals surface area contributed by atoms with Gasteiger partial charge in [0.1, 0.15) is 0 Å². The Morgan fingerprint density at radius 3 is 2.73 bits per heavy atom. The lowest BCUT2D eigenvalue weighted by molar-refractivity contribution is -0.123. The molecule has 1 aliphatic heterocycles. The molecule has 3 nitrogen and oxygen atoms in total. The van der Waals surface area contributed by atoms with Crippen molar-refractivity contribution in [3.05, 3.63) is 0 Å². The first-order chi connectivity index (χ1) is 6.98. The molecule has 15 heavy (non-hydrogen) atoms. The fraction of sp³-hybridized carbons (Fsp3) is 0.900. The first-order valence-electron chi connectivity index (χ1n) is 5.37. The van der Waals surface area contributed by atoms with Crippen molar-refractivity contribution in [1.82, 2.24) is 10.6 Å². The van der Waals surface area contributed by atoms with Crippen molar-refractivity contribution < 1.29 is 13.6 Å². The molecule has 0 aromatic carbocycles. The van der Waals surface area contributed by atoms with Crippen LogP contribution in [0.25, 0.3) is 0 Å². The molecule has 1 aliphatic carbocycles. The number of hydrogen-bond donors (Lipinski definition) is 2. The highest BCUT2D eigenvalue weighted by Gasteiger charge is 2.42. The van der Waals surface area contributed by atoms with Gasteiger partial charge in [0.05, 0.1) is 12.6 Å². The molecule has 1 saturated heterocycles. The van der Waals surface area contributed by atoms with E-state index < -0.39 is 12.0 Å². The third-order valence-corrected chi connectivity index (χ3v) is 3.24. The number of halogens is 2. The molecule has 2 N–H and O–H groups in total. The average molecular weight is 218 g/mol. The minimum atomic E-state index is -2.73. The van der Waals surface area contributed by atoms with Crippen LogP contribution in [0.2, 0.25) is 0 Å². The maximum atomic E-state index is 12.8. The molecule has 0 aromatic rings. The topological polar surface area (TPSA) is 41.1 Å². The molecule has 0 aromatic heterocycles. The summed E-state index contributed by atoms with van der Waals surface area (Å²) in [7, 11) is 0. The Bertz CT molecular complexity index is 270. The Hall–Kier alpha value is -0.710. The number of alkyl halides is 2. The van der Waals surface area contributed by atoms with Gasteiger partial charge in [0.2, 0.25) is 5.91 Å². The lowest BCUT2D eigenvalue weighted by Crippen LogP contribution is -2.41. The summed E-state index contributed by atoms with van der Waals surface area (Å²) in [6, 6.07) is -0.714. The molecule has 1 saturated carbocycles. The summed E-state index contributed by atoms with van der Waals surface area (Å²) in [5.41, 5.74) is 0. The Balaban J connectivity index is 1.72. The number of carbonyl (C=O) groups excluding carboxylic acids is 1. The van der Waals surface area contributed by atoms with E-state index in [1.165, 1.54) is 0 Å². The second kappa shape index (κ2) is 3.70. The summed E-state index contributed by atoms with van der Waals surface area (Å²) >= 11 is 0. The third-order valence-electron chi connectivity index (χ3n) is 3.24. The third kappa shape index (κ3) is 2.65. The van der Waals surface area contributed by atoms with Crippen LogP contribution in [-0.2, 0) is 4.79 Å². The van der Waals surface area contributed by atoms with Crippen LogP contribution in [0.15, 0.2) is 0 Å². The van der Waals surface area contributed by atoms with Crippen LogP contribution in [0.5, 0.6) is 0 Å². The van der Waals surface area contributed by atoms with Gasteiger partial charge in [0.25, 0.3) is 5.92 Å². The zero-order valence-electron chi connectivity index (χ0n) is 8.72. The maximum Gasteiger partial charge on any atom is 0.262 e. The van der Waals surface area contributed by atoms with Crippen molar-refractivity contribution in [3.8, 4) is 0 Å². The number of rotatable bonds is 3. The van der Waals surface area contributed by atoms with E-state index in [0.717, 1.165) is 6.42 Å². The van der Waals surface area contributed by atoms with E-state index in [4.69, 9.17) is 0 Å². The summed E-state index contributed by atoms with van der Waals surface area (Å²) in [4.78, 5) is 11.5. The molecule has 1 heterocycles. The average Bonchev–Trinajstić information content (AvgIpc) is 2.73. The summed E-state index contributed by atoms with van der Waals surface area (Å²) in [5.74, 6) is -1.79. The van der Waals surface area contributed by atoms with Crippen LogP contribution in [0.1, 0.15) is 19.8 Å². The molecule has 0 bridgehead atoms. The fourth-order valence-corrected chi connectivity index (χ4v) is 1.94. The number of hydrogen-bond acceptors (Lipinski definition) is 2. The van der Waals surface area contributed by atoms with Crippen molar-refractivity contribution in [1.29, 1.82) is 0 Å². The van der Waals surface area contributed by atoms with Crippen molar-refractivity contribution in [2.24, 2.45) is 11.8 Å². The number of nitrogens with one attached hydrogen (secondary N) is 2. The van der Waals surface area contributed by atoms with Crippen LogP contribution >= 0.6 is 0 Å². The van der Waals surface area contributed by atoms with Gasteiger partial charge < -0.3 is 5.32 Å². The molecule has 2 rings (SSSR count). The highest BCUT2D eigenvalue weighted by Crippen LogP contribution is 2.36. The lowest BCUT2D eigenvalue weighted by atomic mass is 10.2. The van der Waals surface area contributed by atoms with E-state index in [-0.39, 0.29) is 18.9 Å². The molecule has 3 unspecified atom stereocenters. The summed E-state index contributed by atoms with van der Waals surface area (Å²) < 4.78 is 25.6. The molecule has 0 radical (unpaired) electrons. The van der Waals surface area contributed by atoms with Crippen LogP contribution in [0.4, 0.5) is 8.78 Å². The first-order valence-corrected chi connectivity index (χ1v) is 5.37. The highest BCUT2D eigenvalue weighted by molar-refractivity contribution is 5.82.